The molecule has 3 nitrogen and oxygen atoms in total. The molecule has 0 unspecified atom stereocenters. The lowest BCUT2D eigenvalue weighted by atomic mass is 10.1. The van der Waals surface area contributed by atoms with E-state index in [4.69, 9.17) is 5.73 Å². The molecule has 0 aliphatic heterocycles. The highest BCUT2D eigenvalue weighted by Gasteiger charge is 2.17. The van der Waals surface area contributed by atoms with Gasteiger partial charge in [0.1, 0.15) is 0 Å². The van der Waals surface area contributed by atoms with Crippen molar-refractivity contribution in [2.75, 3.05) is 19.3 Å². The first-order chi connectivity index (χ1) is 7.41. The second-order valence-electron chi connectivity index (χ2n) is 3.31. The van der Waals surface area contributed by atoms with Gasteiger partial charge in [0, 0.05) is 17.2 Å². The fraction of sp³-hybridized carbons (Fsp3) is 0.300. The maximum atomic E-state index is 12.1. The topological polar surface area (TPSA) is 46.3 Å². The van der Waals surface area contributed by atoms with Gasteiger partial charge >= 0.3 is 0 Å². The van der Waals surface area contributed by atoms with Gasteiger partial charge in [-0.05, 0) is 18.2 Å². The lowest BCUT2D eigenvalue weighted by Gasteiger charge is -2.17. The summed E-state index contributed by atoms with van der Waals surface area (Å²) < 4.78 is 24.9. The molecule has 0 aliphatic rings. The van der Waals surface area contributed by atoms with E-state index in [0.717, 1.165) is 9.37 Å². The van der Waals surface area contributed by atoms with Crippen molar-refractivity contribution in [3.63, 3.8) is 0 Å². The number of nitrogens with two attached hydrogens (primary N) is 1. The van der Waals surface area contributed by atoms with E-state index in [9.17, 15) is 13.6 Å². The van der Waals surface area contributed by atoms with Crippen LogP contribution in [0.3, 0.4) is 0 Å². The van der Waals surface area contributed by atoms with E-state index in [2.05, 4.69) is 15.9 Å². The molecule has 1 rings (SSSR count). The molecule has 16 heavy (non-hydrogen) atoms. The van der Waals surface area contributed by atoms with Crippen LogP contribution in [0.1, 0.15) is 10.4 Å². The molecule has 0 heterocycles. The van der Waals surface area contributed by atoms with Gasteiger partial charge in [-0.15, -0.1) is 0 Å². The van der Waals surface area contributed by atoms with Crippen LogP contribution >= 0.6 is 15.9 Å². The number of alkyl halides is 2. The molecule has 0 saturated heterocycles. The minimum atomic E-state index is -2.55. The number of anilines is 1. The van der Waals surface area contributed by atoms with Gasteiger partial charge in [0.15, 0.2) is 0 Å². The Kier molecular flexibility index (Phi) is 4.23. The fourth-order valence-corrected chi connectivity index (χ4v) is 1.60. The molecule has 0 saturated carbocycles. The van der Waals surface area contributed by atoms with Gasteiger partial charge in [0.05, 0.1) is 12.1 Å². The van der Waals surface area contributed by atoms with E-state index in [1.54, 1.807) is 12.1 Å². The van der Waals surface area contributed by atoms with E-state index in [1.807, 2.05) is 0 Å². The van der Waals surface area contributed by atoms with Gasteiger partial charge in [-0.25, -0.2) is 8.78 Å². The molecule has 2 N–H and O–H groups in total. The summed E-state index contributed by atoms with van der Waals surface area (Å²) in [6.45, 7) is -0.603. The first kappa shape index (κ1) is 12.9. The van der Waals surface area contributed by atoms with Gasteiger partial charge in [-0.2, -0.15) is 0 Å². The number of carbonyl (C=O) groups excluding carboxylic acids is 1. The van der Waals surface area contributed by atoms with E-state index in [1.165, 1.54) is 13.1 Å². The standard InChI is InChI=1S/C10H11BrF2N2O/c1-15(5-9(12)13)10(16)7-3-2-6(11)4-8(7)14/h2-4,9H,5,14H2,1H3. The van der Waals surface area contributed by atoms with Crippen LogP contribution in [0.4, 0.5) is 14.5 Å². The summed E-state index contributed by atoms with van der Waals surface area (Å²) in [7, 11) is 1.32. The number of halogens is 3. The number of carbonyl (C=O) groups is 1. The van der Waals surface area contributed by atoms with Crippen molar-refractivity contribution in [1.29, 1.82) is 0 Å². The number of rotatable bonds is 3. The van der Waals surface area contributed by atoms with Gasteiger partial charge in [0.2, 0.25) is 0 Å². The summed E-state index contributed by atoms with van der Waals surface area (Å²) in [4.78, 5) is 12.7. The summed E-state index contributed by atoms with van der Waals surface area (Å²) in [6.07, 6.45) is -2.55. The fourth-order valence-electron chi connectivity index (χ4n) is 1.22. The molecule has 1 aromatic carbocycles. The van der Waals surface area contributed by atoms with Crippen LogP contribution in [0.2, 0.25) is 0 Å². The smallest absolute Gasteiger partial charge is 0.255 e. The van der Waals surface area contributed by atoms with E-state index >= 15 is 0 Å². The van der Waals surface area contributed by atoms with Gasteiger partial charge in [-0.3, -0.25) is 4.79 Å². The van der Waals surface area contributed by atoms with Gasteiger partial charge in [-0.1, -0.05) is 15.9 Å². The van der Waals surface area contributed by atoms with Crippen molar-refractivity contribution in [3.05, 3.63) is 28.2 Å². The molecule has 1 amide bonds. The molecule has 0 atom stereocenters. The lowest BCUT2D eigenvalue weighted by molar-refractivity contribution is 0.0621. The minimum absolute atomic E-state index is 0.228. The number of benzene rings is 1. The predicted octanol–water partition coefficient (Wildman–Crippen LogP) is 2.37. The molecule has 0 radical (unpaired) electrons. The molecule has 1 aromatic rings. The Labute approximate surface area is 100 Å². The van der Waals surface area contributed by atoms with Crippen LogP contribution < -0.4 is 5.73 Å². The van der Waals surface area contributed by atoms with Crippen LogP contribution in [0.5, 0.6) is 0 Å². The van der Waals surface area contributed by atoms with Crippen molar-refractivity contribution in [1.82, 2.24) is 4.90 Å². The largest absolute Gasteiger partial charge is 0.398 e. The van der Waals surface area contributed by atoms with Gasteiger partial charge in [0.25, 0.3) is 12.3 Å². The van der Waals surface area contributed by atoms with Crippen LogP contribution in [0.15, 0.2) is 22.7 Å². The Hall–Kier alpha value is -1.17. The highest BCUT2D eigenvalue weighted by molar-refractivity contribution is 9.10. The SMILES string of the molecule is CN(CC(F)F)C(=O)c1ccc(Br)cc1N. The van der Waals surface area contributed by atoms with Crippen molar-refractivity contribution in [2.45, 2.75) is 6.43 Å². The van der Waals surface area contributed by atoms with Crippen LogP contribution in [-0.4, -0.2) is 30.8 Å². The Morgan fingerprint density at radius 1 is 1.56 bits per heavy atom. The Morgan fingerprint density at radius 3 is 2.69 bits per heavy atom. The minimum Gasteiger partial charge on any atom is -0.398 e. The average molecular weight is 293 g/mol. The molecule has 0 fully saturated rings. The summed E-state index contributed by atoms with van der Waals surface area (Å²) in [5, 5.41) is 0. The Bertz CT molecular complexity index is 398. The third-order valence-corrected chi connectivity index (χ3v) is 2.50. The molecule has 6 heteroatoms. The van der Waals surface area contributed by atoms with E-state index in [0.29, 0.717) is 0 Å². The normalized spacial score (nSPS) is 10.6. The summed E-state index contributed by atoms with van der Waals surface area (Å²) in [5.41, 5.74) is 6.12. The third-order valence-electron chi connectivity index (χ3n) is 2.00. The molecule has 0 bridgehead atoms. The number of amides is 1. The molecule has 0 aliphatic carbocycles. The van der Waals surface area contributed by atoms with Crippen molar-refractivity contribution in [2.24, 2.45) is 0 Å². The van der Waals surface area contributed by atoms with Gasteiger partial charge < -0.3 is 10.6 Å². The third kappa shape index (κ3) is 3.16. The second kappa shape index (κ2) is 5.25. The monoisotopic (exact) mass is 292 g/mol. The Morgan fingerprint density at radius 2 is 2.19 bits per heavy atom. The molecule has 0 spiro atoms. The summed E-state index contributed by atoms with van der Waals surface area (Å²) in [6, 6.07) is 4.70. The van der Waals surface area contributed by atoms with Crippen molar-refractivity contribution >= 4 is 27.5 Å². The quantitative estimate of drug-likeness (QED) is 0.870. The first-order valence-corrected chi connectivity index (χ1v) is 5.29. The predicted molar refractivity (Wildman–Crippen MR) is 61.5 cm³/mol. The number of hydrogen-bond donors (Lipinski definition) is 1. The van der Waals surface area contributed by atoms with E-state index in [-0.39, 0.29) is 11.3 Å². The van der Waals surface area contributed by atoms with Crippen LogP contribution in [0, 0.1) is 0 Å². The zero-order chi connectivity index (χ0) is 12.3. The van der Waals surface area contributed by atoms with E-state index < -0.39 is 18.9 Å². The first-order valence-electron chi connectivity index (χ1n) is 4.50. The molecular weight excluding hydrogens is 282 g/mol. The zero-order valence-electron chi connectivity index (χ0n) is 8.58. The number of hydrogen-bond acceptors (Lipinski definition) is 2. The van der Waals surface area contributed by atoms with Crippen LogP contribution in [-0.2, 0) is 0 Å². The molecule has 88 valence electrons. The highest BCUT2D eigenvalue weighted by Crippen LogP contribution is 2.19. The average Bonchev–Trinajstić information content (AvgIpc) is 2.15. The highest BCUT2D eigenvalue weighted by atomic mass is 79.9. The molecular formula is C10H11BrF2N2O. The van der Waals surface area contributed by atoms with Crippen molar-refractivity contribution in [3.8, 4) is 0 Å². The zero-order valence-corrected chi connectivity index (χ0v) is 10.2. The number of nitrogens with zero attached hydrogens (tertiary/aromatic N) is 1. The number of nitrogen functional groups attached to an aromatic ring is 1. The lowest BCUT2D eigenvalue weighted by Crippen LogP contribution is -2.31. The molecule has 0 aromatic heterocycles. The van der Waals surface area contributed by atoms with Crippen molar-refractivity contribution < 1.29 is 13.6 Å². The van der Waals surface area contributed by atoms with Crippen LogP contribution in [0.25, 0.3) is 0 Å². The summed E-state index contributed by atoms with van der Waals surface area (Å²) >= 11 is 3.20. The summed E-state index contributed by atoms with van der Waals surface area (Å²) in [5.74, 6) is -0.509. The second-order valence-corrected chi connectivity index (χ2v) is 4.22. The maximum absolute atomic E-state index is 12.1. The Balaban J connectivity index is 2.88. The maximum Gasteiger partial charge on any atom is 0.255 e.